The predicted octanol–water partition coefficient (Wildman–Crippen LogP) is 17.7. The van der Waals surface area contributed by atoms with Crippen LogP contribution in [0.4, 0.5) is 0 Å². The standard InChI is InChI=1S/C66H115NO8Si/c1-9-12-15-18-21-24-26-28-31-34-43-50-59(68)67-60-63(72-53-51-57(49-42-33-30-27-23-20-17-14-11-3)71-52-44-35-32-29-25-22-19-16-13-10-2)61(69)58(54-73-76(7,8)66(4,5)6)74-64(60)65(70)75-62(55-45-38-36-39-46-55)56-47-40-37-41-48-56/h36-41,45-48,57-58,60-64,69H,9-35,42-44,49-54H2,1-8H3,(H,67,68)/t57-,58-,60-,61-,63-,64+/m1/s1/i/hD. The lowest BCUT2D eigenvalue weighted by Crippen LogP contribution is -2.67. The molecule has 1 saturated heterocycles. The Morgan fingerprint density at radius 1 is 0.618 bits per heavy atom. The number of aliphatic hydroxyl groups excluding tert-OH is 1. The Hall–Kier alpha value is -2.60. The number of benzene rings is 2. The summed E-state index contributed by atoms with van der Waals surface area (Å²) < 4.78 is 43.0. The number of aliphatic hydroxyl groups is 1. The van der Waals surface area contributed by atoms with Crippen LogP contribution < -0.4 is 5.31 Å². The number of carbonyl (C=O) groups is 2. The van der Waals surface area contributed by atoms with E-state index in [0.717, 1.165) is 67.8 Å². The van der Waals surface area contributed by atoms with Crippen LogP contribution in [0.5, 0.6) is 0 Å². The third kappa shape index (κ3) is 28.5. The average Bonchev–Trinajstić information content (AvgIpc) is 3.42. The third-order valence-electron chi connectivity index (χ3n) is 16.3. The van der Waals surface area contributed by atoms with Crippen LogP contribution in [-0.2, 0) is 33.0 Å². The molecule has 0 aromatic heterocycles. The summed E-state index contributed by atoms with van der Waals surface area (Å²) in [6.07, 6.45) is 32.4. The second-order valence-electron chi connectivity index (χ2n) is 24.0. The Morgan fingerprint density at radius 2 is 1.05 bits per heavy atom. The van der Waals surface area contributed by atoms with Gasteiger partial charge in [0, 0.05) is 19.6 Å². The van der Waals surface area contributed by atoms with Crippen LogP contribution in [0.1, 0.15) is 271 Å². The number of ether oxygens (including phenoxy) is 4. The molecular weight excluding hydrogens is 963 g/mol. The van der Waals surface area contributed by atoms with Gasteiger partial charge < -0.3 is 33.8 Å². The van der Waals surface area contributed by atoms with Gasteiger partial charge in [0.25, 0.3) is 0 Å². The van der Waals surface area contributed by atoms with Crippen LogP contribution >= 0.6 is 0 Å². The summed E-state index contributed by atoms with van der Waals surface area (Å²) in [6.45, 7) is 18.5. The molecule has 2 aromatic rings. The molecule has 0 unspecified atom stereocenters. The van der Waals surface area contributed by atoms with E-state index in [1.54, 1.807) is 0 Å². The minimum Gasteiger partial charge on any atom is -0.451 e. The number of nitrogens with one attached hydrogen (secondary N) is 1. The van der Waals surface area contributed by atoms with Gasteiger partial charge in [-0.2, -0.15) is 0 Å². The van der Waals surface area contributed by atoms with Crippen molar-refractivity contribution in [2.45, 2.75) is 314 Å². The molecule has 1 aliphatic rings. The topological polar surface area (TPSA) is 113 Å². The second kappa shape index (κ2) is 41.4. The summed E-state index contributed by atoms with van der Waals surface area (Å²) in [4.78, 5) is 29.4. The Bertz CT molecular complexity index is 1710. The summed E-state index contributed by atoms with van der Waals surface area (Å²) in [5.74, 6) is -1.16. The van der Waals surface area contributed by atoms with Gasteiger partial charge in [-0.3, -0.25) is 4.79 Å². The van der Waals surface area contributed by atoms with Crippen molar-refractivity contribution >= 4 is 20.2 Å². The van der Waals surface area contributed by atoms with E-state index < -0.39 is 56.8 Å². The molecule has 9 nitrogen and oxygen atoms in total. The van der Waals surface area contributed by atoms with Crippen LogP contribution in [-0.4, -0.2) is 81.7 Å². The van der Waals surface area contributed by atoms with Gasteiger partial charge in [0.1, 0.15) is 18.3 Å². The molecule has 0 bridgehead atoms. The lowest BCUT2D eigenvalue weighted by atomic mass is 9.91. The fraction of sp³-hybridized carbons (Fsp3) is 0.788. The summed E-state index contributed by atoms with van der Waals surface area (Å²) in [5, 5.41) is 13.2. The number of carbonyl (C=O) groups excluding carboxylic acids is 2. The zero-order chi connectivity index (χ0) is 56.0. The first kappa shape index (κ1) is 65.9. The summed E-state index contributed by atoms with van der Waals surface area (Å²) >= 11 is 0. The molecule has 2 aromatic carbocycles. The molecule has 2 N–H and O–H groups in total. The number of rotatable bonds is 46. The maximum Gasteiger partial charge on any atom is 0.338 e. The van der Waals surface area contributed by atoms with Crippen LogP contribution in [0.25, 0.3) is 0 Å². The van der Waals surface area contributed by atoms with E-state index in [1.165, 1.54) is 141 Å². The SMILES string of the molecule is [2H]N(C(=O)CCCCCCCCCCCCC)[C@@H]1[C@@H](OCC[C@@H](CCCCCCCCCCC)OCCCCCCCCCCCC)[C@H](O)[C@@H](CO[Si](C)(C)C(C)(C)C)O[C@@H]1C(=O)OC(c1ccccc1)c1ccccc1. The summed E-state index contributed by atoms with van der Waals surface area (Å²) in [7, 11) is -2.37. The molecule has 3 rings (SSSR count). The van der Waals surface area contributed by atoms with Crippen molar-refractivity contribution in [1.29, 1.82) is 0 Å². The van der Waals surface area contributed by atoms with E-state index in [-0.39, 0.29) is 30.8 Å². The highest BCUT2D eigenvalue weighted by molar-refractivity contribution is 6.74. The molecule has 0 spiro atoms. The molecule has 1 fully saturated rings. The fourth-order valence-corrected chi connectivity index (χ4v) is 11.2. The van der Waals surface area contributed by atoms with Gasteiger partial charge in [0.05, 0.1) is 18.8 Å². The average molecular weight is 1080 g/mol. The molecule has 76 heavy (non-hydrogen) atoms. The van der Waals surface area contributed by atoms with Crippen molar-refractivity contribution in [3.63, 3.8) is 0 Å². The smallest absolute Gasteiger partial charge is 0.338 e. The van der Waals surface area contributed by atoms with E-state index >= 15 is 4.79 Å². The van der Waals surface area contributed by atoms with Crippen molar-refractivity contribution < 1.29 is 39.5 Å². The molecule has 1 aliphatic heterocycles. The number of esters is 1. The Labute approximate surface area is 468 Å². The number of unbranched alkanes of at least 4 members (excludes halogenated alkanes) is 27. The van der Waals surface area contributed by atoms with E-state index in [0.29, 0.717) is 19.4 Å². The minimum absolute atomic E-state index is 0.0166. The Balaban J connectivity index is 1.88. The van der Waals surface area contributed by atoms with Crippen molar-refractivity contribution in [1.82, 2.24) is 5.31 Å². The third-order valence-corrected chi connectivity index (χ3v) is 20.8. The molecule has 0 saturated carbocycles. The van der Waals surface area contributed by atoms with Crippen LogP contribution in [0, 0.1) is 0 Å². The summed E-state index contributed by atoms with van der Waals surface area (Å²) in [6, 6.07) is 17.9. The molecule has 436 valence electrons. The van der Waals surface area contributed by atoms with E-state index in [1.807, 2.05) is 60.7 Å². The highest BCUT2D eigenvalue weighted by atomic mass is 28.4. The van der Waals surface area contributed by atoms with Gasteiger partial charge in [-0.05, 0) is 54.9 Å². The van der Waals surface area contributed by atoms with E-state index in [4.69, 9.17) is 23.4 Å². The first-order valence-electron chi connectivity index (χ1n) is 32.0. The highest BCUT2D eigenvalue weighted by Crippen LogP contribution is 2.38. The molecule has 1 amide bonds. The first-order valence-corrected chi connectivity index (χ1v) is 34.5. The van der Waals surface area contributed by atoms with Crippen molar-refractivity contribution in [3.8, 4) is 0 Å². The first-order chi connectivity index (χ1) is 37.2. The molecule has 0 radical (unpaired) electrons. The van der Waals surface area contributed by atoms with Gasteiger partial charge in [-0.25, -0.2) is 4.79 Å². The van der Waals surface area contributed by atoms with Crippen LogP contribution in [0.15, 0.2) is 60.7 Å². The summed E-state index contributed by atoms with van der Waals surface area (Å²) in [5.41, 5.74) is 1.55. The van der Waals surface area contributed by atoms with Crippen molar-refractivity contribution in [3.05, 3.63) is 71.8 Å². The fourth-order valence-electron chi connectivity index (χ4n) is 10.2. The highest BCUT2D eigenvalue weighted by Gasteiger charge is 2.51. The van der Waals surface area contributed by atoms with E-state index in [2.05, 4.69) is 54.6 Å². The monoisotopic (exact) mass is 1080 g/mol. The maximum atomic E-state index is 15.1. The second-order valence-corrected chi connectivity index (χ2v) is 28.8. The molecule has 6 atom stereocenters. The molecule has 0 aliphatic carbocycles. The zero-order valence-corrected chi connectivity index (χ0v) is 51.0. The van der Waals surface area contributed by atoms with Gasteiger partial charge in [-0.15, -0.1) is 0 Å². The van der Waals surface area contributed by atoms with Gasteiger partial charge in [-0.1, -0.05) is 282 Å². The van der Waals surface area contributed by atoms with Gasteiger partial charge in [0.2, 0.25) is 5.91 Å². The van der Waals surface area contributed by atoms with Crippen molar-refractivity contribution in [2.24, 2.45) is 0 Å². The van der Waals surface area contributed by atoms with E-state index in [9.17, 15) is 11.3 Å². The normalized spacial score (nSPS) is 18.7. The number of amides is 1. The predicted molar refractivity (Wildman–Crippen MR) is 319 cm³/mol. The maximum absolute atomic E-state index is 15.1. The Morgan fingerprint density at radius 3 is 1.51 bits per heavy atom. The largest absolute Gasteiger partial charge is 0.451 e. The van der Waals surface area contributed by atoms with Gasteiger partial charge in [0.15, 0.2) is 21.9 Å². The minimum atomic E-state index is -2.37. The lowest BCUT2D eigenvalue weighted by molar-refractivity contribution is -0.220. The number of hydrogen-bond donors (Lipinski definition) is 2. The lowest BCUT2D eigenvalue weighted by Gasteiger charge is -2.45. The zero-order valence-electron chi connectivity index (χ0n) is 51.0. The molecular formula is C66H115NO8Si. The molecule has 1 heterocycles. The quantitative estimate of drug-likeness (QED) is 0.0383. The van der Waals surface area contributed by atoms with Crippen LogP contribution in [0.3, 0.4) is 0 Å². The van der Waals surface area contributed by atoms with Crippen molar-refractivity contribution in [2.75, 3.05) is 19.8 Å². The number of hydrogen-bond acceptors (Lipinski definition) is 8. The van der Waals surface area contributed by atoms with Gasteiger partial charge >= 0.3 is 5.97 Å². The Kier molecular flexibility index (Phi) is 35.9. The van der Waals surface area contributed by atoms with Crippen LogP contribution in [0.2, 0.25) is 19.5 Å². The molecule has 10 heteroatoms.